The maximum Gasteiger partial charge on any atom is 0.226 e. The number of aromatic nitrogens is 3. The van der Waals surface area contributed by atoms with E-state index in [1.807, 2.05) is 47.1 Å². The molecule has 0 amide bonds. The van der Waals surface area contributed by atoms with Crippen molar-refractivity contribution in [2.75, 3.05) is 5.32 Å². The lowest BCUT2D eigenvalue weighted by atomic mass is 10.0. The summed E-state index contributed by atoms with van der Waals surface area (Å²) in [6.07, 6.45) is 3.75. The zero-order valence-corrected chi connectivity index (χ0v) is 17.7. The molecule has 148 valence electrons. The molecule has 1 aliphatic heterocycles. The summed E-state index contributed by atoms with van der Waals surface area (Å²) in [5.41, 5.74) is 4.37. The summed E-state index contributed by atoms with van der Waals surface area (Å²) in [5, 5.41) is 7.79. The number of rotatable bonds is 5. The standard InChI is InChI=1S/C24H19BrN4O/c25-20-10-6-18(7-11-20)22-14-23(29-24(28-22)26-16-27-29)19-8-12-21(13-9-19)30-15-17-4-2-1-3-5-17/h1-14,16,23H,15H2,(H,26,27,28). The Kier molecular flexibility index (Phi) is 5.07. The molecule has 5 nitrogen and oxygen atoms in total. The zero-order valence-electron chi connectivity index (χ0n) is 16.1. The van der Waals surface area contributed by atoms with Gasteiger partial charge in [-0.15, -0.1) is 0 Å². The summed E-state index contributed by atoms with van der Waals surface area (Å²) >= 11 is 3.49. The molecule has 6 heteroatoms. The topological polar surface area (TPSA) is 52.0 Å². The van der Waals surface area contributed by atoms with Gasteiger partial charge in [-0.25, -0.2) is 4.68 Å². The van der Waals surface area contributed by atoms with Crippen molar-refractivity contribution in [2.45, 2.75) is 12.6 Å². The minimum Gasteiger partial charge on any atom is -0.489 e. The Balaban J connectivity index is 1.40. The third-order valence-corrected chi connectivity index (χ3v) is 5.56. The number of allylic oxidation sites excluding steroid dienone is 1. The lowest BCUT2D eigenvalue weighted by Crippen LogP contribution is -2.20. The van der Waals surface area contributed by atoms with E-state index in [1.165, 1.54) is 0 Å². The molecule has 0 spiro atoms. The normalized spacial score (nSPS) is 15.1. The van der Waals surface area contributed by atoms with E-state index in [0.717, 1.165) is 38.6 Å². The van der Waals surface area contributed by atoms with Crippen LogP contribution in [0.3, 0.4) is 0 Å². The van der Waals surface area contributed by atoms with Crippen molar-refractivity contribution in [1.82, 2.24) is 14.8 Å². The zero-order chi connectivity index (χ0) is 20.3. The van der Waals surface area contributed by atoms with Crippen molar-refractivity contribution in [3.63, 3.8) is 0 Å². The quantitative estimate of drug-likeness (QED) is 0.418. The Morgan fingerprint density at radius 3 is 2.47 bits per heavy atom. The molecule has 30 heavy (non-hydrogen) atoms. The van der Waals surface area contributed by atoms with Gasteiger partial charge in [-0.3, -0.25) is 0 Å². The average Bonchev–Trinajstić information content (AvgIpc) is 3.27. The Labute approximate surface area is 183 Å². The van der Waals surface area contributed by atoms with Crippen LogP contribution in [0.4, 0.5) is 5.95 Å². The van der Waals surface area contributed by atoms with Crippen molar-refractivity contribution in [3.05, 3.63) is 112 Å². The fourth-order valence-corrected chi connectivity index (χ4v) is 3.74. The molecule has 1 N–H and O–H groups in total. The molecule has 3 aromatic carbocycles. The summed E-state index contributed by atoms with van der Waals surface area (Å²) in [6, 6.07) is 26.5. The van der Waals surface area contributed by atoms with Gasteiger partial charge in [-0.05, 0) is 47.0 Å². The highest BCUT2D eigenvalue weighted by Crippen LogP contribution is 2.33. The van der Waals surface area contributed by atoms with Crippen LogP contribution >= 0.6 is 15.9 Å². The molecular weight excluding hydrogens is 440 g/mol. The highest BCUT2D eigenvalue weighted by atomic mass is 79.9. The van der Waals surface area contributed by atoms with E-state index in [0.29, 0.717) is 6.61 Å². The first-order valence-electron chi connectivity index (χ1n) is 9.67. The molecule has 2 heterocycles. The van der Waals surface area contributed by atoms with Crippen LogP contribution in [0, 0.1) is 0 Å². The second-order valence-corrected chi connectivity index (χ2v) is 7.94. The van der Waals surface area contributed by atoms with Gasteiger partial charge in [0.05, 0.1) is 0 Å². The second-order valence-electron chi connectivity index (χ2n) is 7.03. The van der Waals surface area contributed by atoms with E-state index >= 15 is 0 Å². The number of halogens is 1. The fourth-order valence-electron chi connectivity index (χ4n) is 3.47. The summed E-state index contributed by atoms with van der Waals surface area (Å²) in [5.74, 6) is 1.57. The predicted molar refractivity (Wildman–Crippen MR) is 121 cm³/mol. The highest BCUT2D eigenvalue weighted by Gasteiger charge is 2.23. The molecule has 0 fully saturated rings. The Morgan fingerprint density at radius 1 is 0.933 bits per heavy atom. The lowest BCUT2D eigenvalue weighted by Gasteiger charge is -2.24. The van der Waals surface area contributed by atoms with Gasteiger partial charge >= 0.3 is 0 Å². The van der Waals surface area contributed by atoms with Gasteiger partial charge in [-0.1, -0.05) is 70.5 Å². The molecule has 0 aliphatic carbocycles. The van der Waals surface area contributed by atoms with Gasteiger partial charge in [-0.2, -0.15) is 10.1 Å². The van der Waals surface area contributed by atoms with Crippen LogP contribution in [-0.4, -0.2) is 14.8 Å². The molecule has 1 aliphatic rings. The summed E-state index contributed by atoms with van der Waals surface area (Å²) in [4.78, 5) is 4.37. The summed E-state index contributed by atoms with van der Waals surface area (Å²) in [6.45, 7) is 0.550. The second kappa shape index (κ2) is 8.16. The molecule has 4 aromatic rings. The number of nitrogens with zero attached hydrogens (tertiary/aromatic N) is 3. The van der Waals surface area contributed by atoms with E-state index in [9.17, 15) is 0 Å². The maximum atomic E-state index is 5.92. The summed E-state index contributed by atoms with van der Waals surface area (Å²) in [7, 11) is 0. The van der Waals surface area contributed by atoms with Gasteiger partial charge in [0.2, 0.25) is 5.95 Å². The Morgan fingerprint density at radius 2 is 1.70 bits per heavy atom. The first kappa shape index (κ1) is 18.6. The molecule has 0 saturated heterocycles. The fraction of sp³-hybridized carbons (Fsp3) is 0.0833. The first-order chi connectivity index (χ1) is 14.8. The Bertz CT molecular complexity index is 1170. The highest BCUT2D eigenvalue weighted by molar-refractivity contribution is 9.10. The van der Waals surface area contributed by atoms with E-state index in [-0.39, 0.29) is 6.04 Å². The maximum absolute atomic E-state index is 5.92. The Hall–Kier alpha value is -3.38. The molecule has 0 bridgehead atoms. The average molecular weight is 459 g/mol. The van der Waals surface area contributed by atoms with Crippen LogP contribution in [0.2, 0.25) is 0 Å². The predicted octanol–water partition coefficient (Wildman–Crippen LogP) is 5.68. The third-order valence-electron chi connectivity index (χ3n) is 5.03. The molecule has 0 radical (unpaired) electrons. The number of hydrogen-bond acceptors (Lipinski definition) is 4. The SMILES string of the molecule is Brc1ccc(C2=CC(c3ccc(OCc4ccccc4)cc3)n3ncnc3N2)cc1. The number of fused-ring (bicyclic) bond motifs is 1. The van der Waals surface area contributed by atoms with Gasteiger partial charge < -0.3 is 10.1 Å². The van der Waals surface area contributed by atoms with Crippen molar-refractivity contribution < 1.29 is 4.74 Å². The van der Waals surface area contributed by atoms with Crippen LogP contribution in [0.5, 0.6) is 5.75 Å². The van der Waals surface area contributed by atoms with Crippen LogP contribution in [0.25, 0.3) is 5.70 Å². The van der Waals surface area contributed by atoms with Crippen molar-refractivity contribution >= 4 is 27.6 Å². The van der Waals surface area contributed by atoms with Crippen molar-refractivity contribution in [1.29, 1.82) is 0 Å². The number of benzene rings is 3. The van der Waals surface area contributed by atoms with Crippen molar-refractivity contribution in [2.24, 2.45) is 0 Å². The van der Waals surface area contributed by atoms with Gasteiger partial charge in [0.25, 0.3) is 0 Å². The molecule has 1 aromatic heterocycles. The van der Waals surface area contributed by atoms with Gasteiger partial charge in [0, 0.05) is 10.2 Å². The monoisotopic (exact) mass is 458 g/mol. The molecule has 0 saturated carbocycles. The van der Waals surface area contributed by atoms with E-state index in [1.54, 1.807) is 6.33 Å². The summed E-state index contributed by atoms with van der Waals surface area (Å²) < 4.78 is 8.86. The smallest absolute Gasteiger partial charge is 0.226 e. The van der Waals surface area contributed by atoms with Gasteiger partial charge in [0.1, 0.15) is 24.7 Å². The minimum atomic E-state index is -0.0504. The molecule has 1 atom stereocenters. The molecule has 1 unspecified atom stereocenters. The molecular formula is C24H19BrN4O. The number of hydrogen-bond donors (Lipinski definition) is 1. The van der Waals surface area contributed by atoms with Crippen LogP contribution < -0.4 is 10.1 Å². The third kappa shape index (κ3) is 3.86. The molecule has 5 rings (SSSR count). The van der Waals surface area contributed by atoms with E-state index < -0.39 is 0 Å². The lowest BCUT2D eigenvalue weighted by molar-refractivity contribution is 0.306. The van der Waals surface area contributed by atoms with Crippen molar-refractivity contribution in [3.8, 4) is 5.75 Å². The van der Waals surface area contributed by atoms with E-state index in [4.69, 9.17) is 4.74 Å². The van der Waals surface area contributed by atoms with Crippen LogP contribution in [-0.2, 0) is 6.61 Å². The van der Waals surface area contributed by atoms with Gasteiger partial charge in [0.15, 0.2) is 0 Å². The van der Waals surface area contributed by atoms with Crippen LogP contribution in [0.1, 0.15) is 22.7 Å². The largest absolute Gasteiger partial charge is 0.489 e. The number of nitrogens with one attached hydrogen (secondary N) is 1. The minimum absolute atomic E-state index is 0.0504. The number of anilines is 1. The number of ether oxygens (including phenoxy) is 1. The first-order valence-corrected chi connectivity index (χ1v) is 10.5. The van der Waals surface area contributed by atoms with E-state index in [2.05, 4.69) is 73.8 Å². The van der Waals surface area contributed by atoms with Crippen LogP contribution in [0.15, 0.2) is 95.7 Å².